The lowest BCUT2D eigenvalue weighted by atomic mass is 9.98. The average molecular weight is 217 g/mol. The molecule has 0 unspecified atom stereocenters. The van der Waals surface area contributed by atoms with Crippen LogP contribution in [0.15, 0.2) is 6.20 Å². The number of aromatic nitrogens is 2. The first-order valence-electron chi connectivity index (χ1n) is 5.30. The Labute approximate surface area is 96.7 Å². The van der Waals surface area contributed by atoms with Gasteiger partial charge in [0.2, 0.25) is 5.82 Å². The first-order chi connectivity index (χ1) is 7.54. The highest BCUT2D eigenvalue weighted by Crippen LogP contribution is 2.06. The highest BCUT2D eigenvalue weighted by atomic mass is 15.4. The molecule has 0 aliphatic rings. The van der Waals surface area contributed by atoms with Crippen LogP contribution in [-0.2, 0) is 0 Å². The number of nitriles is 1. The van der Waals surface area contributed by atoms with Crippen LogP contribution in [0.1, 0.15) is 26.1 Å². The largest absolute Gasteiger partial charge is 0.295 e. The van der Waals surface area contributed by atoms with E-state index >= 15 is 0 Å². The second-order valence-corrected chi connectivity index (χ2v) is 4.19. The summed E-state index contributed by atoms with van der Waals surface area (Å²) in [5.74, 6) is 7.27. The third kappa shape index (κ3) is 3.21. The molecule has 0 fully saturated rings. The molecule has 0 bridgehead atoms. The first kappa shape index (κ1) is 12.5. The Kier molecular flexibility index (Phi) is 4.26. The molecule has 16 heavy (non-hydrogen) atoms. The van der Waals surface area contributed by atoms with Gasteiger partial charge in [0.1, 0.15) is 19.7 Å². The minimum absolute atomic E-state index is 0.153. The number of anilines is 1. The van der Waals surface area contributed by atoms with Gasteiger partial charge >= 0.3 is 0 Å². The van der Waals surface area contributed by atoms with E-state index in [1.807, 2.05) is 13.9 Å². The second-order valence-electron chi connectivity index (χ2n) is 4.19. The molecule has 1 aromatic rings. The summed E-state index contributed by atoms with van der Waals surface area (Å²) < 4.78 is 0. The van der Waals surface area contributed by atoms with Crippen LogP contribution >= 0.6 is 0 Å². The Morgan fingerprint density at radius 2 is 2.31 bits per heavy atom. The second kappa shape index (κ2) is 5.47. The van der Waals surface area contributed by atoms with E-state index in [1.54, 1.807) is 11.2 Å². The summed E-state index contributed by atoms with van der Waals surface area (Å²) in [6.45, 7) is 5.00. The summed E-state index contributed by atoms with van der Waals surface area (Å²) in [4.78, 5) is 7.98. The van der Waals surface area contributed by atoms with Gasteiger partial charge < -0.3 is 0 Å². The zero-order valence-electron chi connectivity index (χ0n) is 9.94. The monoisotopic (exact) mass is 217 g/mol. The first-order valence-corrected chi connectivity index (χ1v) is 5.30. The van der Waals surface area contributed by atoms with E-state index in [0.29, 0.717) is 11.7 Å². The molecule has 0 saturated carbocycles. The van der Waals surface area contributed by atoms with Gasteiger partial charge in [-0.1, -0.05) is 13.8 Å². The van der Waals surface area contributed by atoms with Crippen molar-refractivity contribution >= 4 is 19.1 Å². The van der Waals surface area contributed by atoms with E-state index in [-0.39, 0.29) is 5.82 Å². The van der Waals surface area contributed by atoms with Gasteiger partial charge in [-0.25, -0.2) is 15.8 Å². The van der Waals surface area contributed by atoms with Crippen molar-refractivity contribution in [1.29, 1.82) is 5.26 Å². The van der Waals surface area contributed by atoms with Crippen LogP contribution in [0.3, 0.4) is 0 Å². The fourth-order valence-corrected chi connectivity index (χ4v) is 1.28. The molecule has 5 nitrogen and oxygen atoms in total. The van der Waals surface area contributed by atoms with Crippen molar-refractivity contribution in [2.75, 3.05) is 11.6 Å². The molecular formula is C10H16BN5. The molecule has 0 aromatic carbocycles. The van der Waals surface area contributed by atoms with E-state index in [1.165, 1.54) is 0 Å². The molecule has 0 amide bonds. The van der Waals surface area contributed by atoms with Gasteiger partial charge in [0, 0.05) is 12.7 Å². The lowest BCUT2D eigenvalue weighted by Gasteiger charge is -2.20. The Morgan fingerprint density at radius 3 is 2.88 bits per heavy atom. The number of rotatable bonds is 4. The lowest BCUT2D eigenvalue weighted by molar-refractivity contribution is 0.575. The molecular weight excluding hydrogens is 201 g/mol. The normalized spacial score (nSPS) is 10.2. The van der Waals surface area contributed by atoms with Crippen LogP contribution in [-0.4, -0.2) is 24.4 Å². The smallest absolute Gasteiger partial charge is 0.234 e. The standard InChI is InChI=1S/C10H16BN5/c1-7(2)3-4-16(13)10-8(11)6-14-9(5-12)15-10/h6-7H,3-4,11,13H2,1-2H3. The molecule has 0 atom stereocenters. The number of hydrazine groups is 1. The molecule has 0 aliphatic carbocycles. The van der Waals surface area contributed by atoms with Crippen molar-refractivity contribution in [1.82, 2.24) is 9.97 Å². The maximum atomic E-state index is 8.72. The van der Waals surface area contributed by atoms with Crippen LogP contribution in [0, 0.1) is 17.2 Å². The van der Waals surface area contributed by atoms with Crippen molar-refractivity contribution in [2.24, 2.45) is 11.8 Å². The lowest BCUT2D eigenvalue weighted by Crippen LogP contribution is -2.37. The van der Waals surface area contributed by atoms with Crippen molar-refractivity contribution in [2.45, 2.75) is 20.3 Å². The predicted octanol–water partition coefficient (Wildman–Crippen LogP) is -0.667. The average Bonchev–Trinajstić information content (AvgIpc) is 2.26. The van der Waals surface area contributed by atoms with Gasteiger partial charge in [-0.15, -0.1) is 0 Å². The molecule has 6 heteroatoms. The maximum Gasteiger partial charge on any atom is 0.234 e. The van der Waals surface area contributed by atoms with Crippen molar-refractivity contribution in [3.8, 4) is 6.07 Å². The molecule has 1 rings (SSSR count). The van der Waals surface area contributed by atoms with E-state index in [9.17, 15) is 0 Å². The van der Waals surface area contributed by atoms with E-state index < -0.39 is 0 Å². The predicted molar refractivity (Wildman–Crippen MR) is 65.9 cm³/mol. The van der Waals surface area contributed by atoms with Gasteiger partial charge in [-0.2, -0.15) is 5.26 Å². The fourth-order valence-electron chi connectivity index (χ4n) is 1.28. The van der Waals surface area contributed by atoms with Gasteiger partial charge in [0.25, 0.3) is 0 Å². The molecule has 84 valence electrons. The Morgan fingerprint density at radius 1 is 1.62 bits per heavy atom. The Hall–Kier alpha value is -1.61. The molecule has 0 spiro atoms. The quantitative estimate of drug-likeness (QED) is 0.411. The third-order valence-corrected chi connectivity index (χ3v) is 2.26. The zero-order valence-corrected chi connectivity index (χ0v) is 9.94. The fraction of sp³-hybridized carbons (Fsp3) is 0.500. The van der Waals surface area contributed by atoms with Crippen LogP contribution in [0.2, 0.25) is 0 Å². The van der Waals surface area contributed by atoms with Crippen LogP contribution < -0.4 is 16.3 Å². The van der Waals surface area contributed by atoms with Gasteiger partial charge in [0.05, 0.1) is 0 Å². The summed E-state index contributed by atoms with van der Waals surface area (Å²) >= 11 is 0. The van der Waals surface area contributed by atoms with Crippen molar-refractivity contribution in [3.05, 3.63) is 12.0 Å². The van der Waals surface area contributed by atoms with Gasteiger partial charge in [0.15, 0.2) is 0 Å². The molecule has 0 aliphatic heterocycles. The highest BCUT2D eigenvalue weighted by Gasteiger charge is 2.09. The molecule has 2 N–H and O–H groups in total. The number of hydrogen-bond donors (Lipinski definition) is 1. The van der Waals surface area contributed by atoms with Crippen LogP contribution in [0.25, 0.3) is 0 Å². The van der Waals surface area contributed by atoms with E-state index in [2.05, 4.69) is 23.8 Å². The Bertz CT molecular complexity index is 399. The number of nitrogens with zero attached hydrogens (tertiary/aromatic N) is 4. The molecule has 0 radical (unpaired) electrons. The highest BCUT2D eigenvalue weighted by molar-refractivity contribution is 6.35. The molecule has 0 saturated heterocycles. The summed E-state index contributed by atoms with van der Waals surface area (Å²) in [7, 11) is 1.88. The summed E-state index contributed by atoms with van der Waals surface area (Å²) in [5, 5.41) is 10.3. The van der Waals surface area contributed by atoms with E-state index in [0.717, 1.165) is 18.4 Å². The maximum absolute atomic E-state index is 8.72. The topological polar surface area (TPSA) is 78.8 Å². The minimum Gasteiger partial charge on any atom is -0.295 e. The van der Waals surface area contributed by atoms with Gasteiger partial charge in [-0.05, 0) is 17.8 Å². The summed E-state index contributed by atoms with van der Waals surface area (Å²) in [6.07, 6.45) is 2.61. The third-order valence-electron chi connectivity index (χ3n) is 2.26. The van der Waals surface area contributed by atoms with Crippen LogP contribution in [0.5, 0.6) is 0 Å². The number of hydrogen-bond acceptors (Lipinski definition) is 5. The summed E-state index contributed by atoms with van der Waals surface area (Å²) in [5.41, 5.74) is 0.880. The van der Waals surface area contributed by atoms with Crippen LogP contribution in [0.4, 0.5) is 5.82 Å². The Balaban J connectivity index is 2.82. The zero-order chi connectivity index (χ0) is 12.1. The molecule has 1 heterocycles. The summed E-state index contributed by atoms with van der Waals surface area (Å²) in [6, 6.07) is 1.91. The number of nitrogens with two attached hydrogens (primary N) is 1. The molecule has 1 aromatic heterocycles. The van der Waals surface area contributed by atoms with Crippen molar-refractivity contribution in [3.63, 3.8) is 0 Å². The minimum atomic E-state index is 0.153. The SMILES string of the molecule is Bc1cnc(C#N)nc1N(N)CCC(C)C. The van der Waals surface area contributed by atoms with Gasteiger partial charge in [-0.3, -0.25) is 5.01 Å². The van der Waals surface area contributed by atoms with E-state index in [4.69, 9.17) is 11.1 Å². The van der Waals surface area contributed by atoms with Crippen molar-refractivity contribution < 1.29 is 0 Å².